The molecule has 1 aliphatic rings. The Hall–Kier alpha value is -2.32. The minimum Gasteiger partial charge on any atom is -0.457 e. The van der Waals surface area contributed by atoms with E-state index in [2.05, 4.69) is 33.9 Å². The number of hydrogen-bond donors (Lipinski definition) is 1. The van der Waals surface area contributed by atoms with Crippen LogP contribution in [0.2, 0.25) is 18.1 Å². The Morgan fingerprint density at radius 1 is 1.23 bits per heavy atom. The van der Waals surface area contributed by atoms with Crippen molar-refractivity contribution < 1.29 is 38.3 Å². The Morgan fingerprint density at radius 3 is 2.33 bits per heavy atom. The van der Waals surface area contributed by atoms with Gasteiger partial charge < -0.3 is 23.9 Å². The highest BCUT2D eigenvalue weighted by Crippen LogP contribution is 2.43. The summed E-state index contributed by atoms with van der Waals surface area (Å²) < 4.78 is 17.1. The van der Waals surface area contributed by atoms with Crippen LogP contribution < -0.4 is 0 Å². The monoisotopic (exact) mass is 598 g/mol. The Morgan fingerprint density at radius 2 is 1.82 bits per heavy atom. The van der Waals surface area contributed by atoms with Crippen molar-refractivity contribution >= 4 is 43.4 Å². The summed E-state index contributed by atoms with van der Waals surface area (Å²) in [6.45, 7) is 16.2. The van der Waals surface area contributed by atoms with Crippen LogP contribution in [-0.2, 0) is 34.9 Å². The standard InChI is InChI=1S/C27H42N2O9SSi/c1-9-36-14-15-39-23(17(2)30)22-21(18(3)38-40(7,8)27(4,5)6)24(31)28(22)25(32)26(33)37-16-19-10-12-20(13-11-19)29(34)35/h10-13,18,21-23,25,32H,9,14-16H2,1-8H3/t18-,21+,22+,23?,25?/m0/s1. The van der Waals surface area contributed by atoms with Gasteiger partial charge in [-0.1, -0.05) is 20.8 Å². The van der Waals surface area contributed by atoms with Gasteiger partial charge in [0.2, 0.25) is 12.1 Å². The number of benzene rings is 1. The topological polar surface area (TPSA) is 146 Å². The zero-order valence-corrected chi connectivity index (χ0v) is 26.4. The van der Waals surface area contributed by atoms with Gasteiger partial charge in [0, 0.05) is 24.5 Å². The number of ketones is 1. The minimum absolute atomic E-state index is 0.110. The number of hydrogen-bond acceptors (Lipinski definition) is 10. The van der Waals surface area contributed by atoms with E-state index in [-0.39, 0.29) is 23.1 Å². The van der Waals surface area contributed by atoms with E-state index in [1.165, 1.54) is 43.0 Å². The average Bonchev–Trinajstić information content (AvgIpc) is 2.85. The lowest BCUT2D eigenvalue weighted by atomic mass is 9.80. The van der Waals surface area contributed by atoms with Crippen molar-refractivity contribution in [2.24, 2.45) is 5.92 Å². The first-order chi connectivity index (χ1) is 18.5. The molecule has 0 aliphatic carbocycles. The van der Waals surface area contributed by atoms with Crippen LogP contribution in [0.25, 0.3) is 0 Å². The van der Waals surface area contributed by atoms with Gasteiger partial charge in [0.15, 0.2) is 8.32 Å². The molecule has 2 rings (SSSR count). The second-order valence-electron chi connectivity index (χ2n) is 11.3. The number of carbonyl (C=O) groups excluding carboxylic acids is 3. The van der Waals surface area contributed by atoms with Crippen molar-refractivity contribution in [3.63, 3.8) is 0 Å². The summed E-state index contributed by atoms with van der Waals surface area (Å²) in [6.07, 6.45) is -2.48. The lowest BCUT2D eigenvalue weighted by molar-refractivity contribution is -0.384. The second-order valence-corrected chi connectivity index (χ2v) is 17.4. The zero-order valence-electron chi connectivity index (χ0n) is 24.5. The van der Waals surface area contributed by atoms with Crippen LogP contribution in [0.1, 0.15) is 47.1 Å². The van der Waals surface area contributed by atoms with Crippen LogP contribution in [-0.4, -0.2) is 83.5 Å². The van der Waals surface area contributed by atoms with Crippen molar-refractivity contribution in [3.8, 4) is 0 Å². The van der Waals surface area contributed by atoms with Gasteiger partial charge in [0.05, 0.1) is 34.8 Å². The maximum Gasteiger partial charge on any atom is 0.356 e. The highest BCUT2D eigenvalue weighted by Gasteiger charge is 2.59. The minimum atomic E-state index is -2.28. The molecule has 1 amide bonds. The van der Waals surface area contributed by atoms with Crippen molar-refractivity contribution in [1.82, 2.24) is 4.90 Å². The Balaban J connectivity index is 2.26. The summed E-state index contributed by atoms with van der Waals surface area (Å²) in [5.41, 5.74) is 0.362. The van der Waals surface area contributed by atoms with E-state index in [1.54, 1.807) is 6.92 Å². The number of carbonyl (C=O) groups is 3. The highest BCUT2D eigenvalue weighted by atomic mass is 32.2. The van der Waals surface area contributed by atoms with Gasteiger partial charge in [-0.15, -0.1) is 11.8 Å². The van der Waals surface area contributed by atoms with Gasteiger partial charge >= 0.3 is 5.97 Å². The molecule has 1 heterocycles. The maximum atomic E-state index is 13.5. The third-order valence-electron chi connectivity index (χ3n) is 7.46. The fraction of sp³-hybridized carbons (Fsp3) is 0.667. The normalized spacial score (nSPS) is 19.9. The van der Waals surface area contributed by atoms with Gasteiger partial charge in [-0.25, -0.2) is 4.79 Å². The average molecular weight is 599 g/mol. The predicted octanol–water partition coefficient (Wildman–Crippen LogP) is 3.92. The van der Waals surface area contributed by atoms with Crippen LogP contribution in [0.4, 0.5) is 5.69 Å². The van der Waals surface area contributed by atoms with Crippen LogP contribution in [0.3, 0.4) is 0 Å². The molecule has 1 aliphatic heterocycles. The number of amides is 1. The molecule has 1 aromatic carbocycles. The van der Waals surface area contributed by atoms with Crippen LogP contribution in [0.5, 0.6) is 0 Å². The number of aliphatic hydroxyl groups excluding tert-OH is 1. The van der Waals surface area contributed by atoms with Crippen molar-refractivity contribution in [1.29, 1.82) is 0 Å². The maximum absolute atomic E-state index is 13.5. The van der Waals surface area contributed by atoms with Gasteiger partial charge in [-0.05, 0) is 56.6 Å². The van der Waals surface area contributed by atoms with Crippen LogP contribution in [0.15, 0.2) is 24.3 Å². The molecule has 0 aromatic heterocycles. The van der Waals surface area contributed by atoms with Crippen LogP contribution >= 0.6 is 11.8 Å². The molecule has 5 atom stereocenters. The third kappa shape index (κ3) is 8.12. The second kappa shape index (κ2) is 14.0. The molecule has 0 radical (unpaired) electrons. The van der Waals surface area contributed by atoms with E-state index in [4.69, 9.17) is 13.9 Å². The van der Waals surface area contributed by atoms with Gasteiger partial charge in [0.25, 0.3) is 5.69 Å². The number of aliphatic hydroxyl groups is 1. The number of esters is 1. The fourth-order valence-electron chi connectivity index (χ4n) is 4.26. The molecule has 1 fully saturated rings. The number of rotatable bonds is 15. The summed E-state index contributed by atoms with van der Waals surface area (Å²) in [5, 5.41) is 21.0. The molecule has 40 heavy (non-hydrogen) atoms. The first kappa shape index (κ1) is 33.9. The lowest BCUT2D eigenvalue weighted by Crippen LogP contribution is -2.73. The first-order valence-electron chi connectivity index (χ1n) is 13.3. The molecule has 13 heteroatoms. The molecule has 2 unspecified atom stereocenters. The Bertz CT molecular complexity index is 1060. The van der Waals surface area contributed by atoms with Gasteiger partial charge in [-0.3, -0.25) is 19.7 Å². The van der Waals surface area contributed by atoms with Crippen molar-refractivity contribution in [2.45, 2.75) is 89.9 Å². The molecule has 1 N–H and O–H groups in total. The lowest BCUT2D eigenvalue weighted by Gasteiger charge is -2.54. The zero-order chi connectivity index (χ0) is 30.4. The number of ether oxygens (including phenoxy) is 2. The van der Waals surface area contributed by atoms with Crippen LogP contribution in [0, 0.1) is 16.0 Å². The molecule has 1 saturated heterocycles. The van der Waals surface area contributed by atoms with E-state index in [0.717, 1.165) is 4.90 Å². The van der Waals surface area contributed by atoms with E-state index < -0.39 is 54.7 Å². The largest absolute Gasteiger partial charge is 0.457 e. The van der Waals surface area contributed by atoms with Crippen molar-refractivity contribution in [2.75, 3.05) is 19.0 Å². The smallest absolute Gasteiger partial charge is 0.356 e. The van der Waals surface area contributed by atoms with E-state index in [9.17, 15) is 29.6 Å². The predicted molar refractivity (Wildman–Crippen MR) is 154 cm³/mol. The quantitative estimate of drug-likeness (QED) is 0.0787. The van der Waals surface area contributed by atoms with E-state index in [1.807, 2.05) is 6.92 Å². The number of non-ortho nitro benzene ring substituents is 1. The van der Waals surface area contributed by atoms with Crippen molar-refractivity contribution in [3.05, 3.63) is 39.9 Å². The number of nitro benzene ring substituents is 1. The third-order valence-corrected chi connectivity index (χ3v) is 13.4. The Kier molecular flexibility index (Phi) is 11.9. The van der Waals surface area contributed by atoms with E-state index >= 15 is 0 Å². The molecular formula is C27H42N2O9SSi. The Labute approximate surface area is 241 Å². The number of nitro groups is 1. The number of thioether (sulfide) groups is 1. The molecule has 0 saturated carbocycles. The van der Waals surface area contributed by atoms with Gasteiger partial charge in [0.1, 0.15) is 12.4 Å². The summed E-state index contributed by atoms with van der Waals surface area (Å²) in [5.74, 6) is -2.00. The number of nitrogens with zero attached hydrogens (tertiary/aromatic N) is 2. The number of likely N-dealkylation sites (tertiary alicyclic amines) is 1. The number of Topliss-reactive ketones (excluding diaryl/α,β-unsaturated/α-hetero) is 1. The van der Waals surface area contributed by atoms with Gasteiger partial charge in [-0.2, -0.15) is 0 Å². The molecule has 0 bridgehead atoms. The summed E-state index contributed by atoms with van der Waals surface area (Å²) >= 11 is 1.32. The van der Waals surface area contributed by atoms with E-state index in [0.29, 0.717) is 24.5 Å². The summed E-state index contributed by atoms with van der Waals surface area (Å²) in [6, 6.07) is 4.64. The SMILES string of the molecule is CCOCCSC(C(C)=O)[C@H]1[C@@H]([C@H](C)O[Si](C)(C)C(C)(C)C)C(=O)N1C(O)C(=O)OCc1ccc([N+](=O)[O-])cc1. The summed E-state index contributed by atoms with van der Waals surface area (Å²) in [7, 11) is -2.28. The molecule has 11 nitrogen and oxygen atoms in total. The molecule has 0 spiro atoms. The highest BCUT2D eigenvalue weighted by molar-refractivity contribution is 8.00. The molecule has 1 aromatic rings. The first-order valence-corrected chi connectivity index (χ1v) is 17.3. The number of β-lactam (4-membered cyclic amide) rings is 1. The molecular weight excluding hydrogens is 556 g/mol. The fourth-order valence-corrected chi connectivity index (χ4v) is 6.89. The molecule has 224 valence electrons. The summed E-state index contributed by atoms with van der Waals surface area (Å²) in [4.78, 5) is 50.4.